The van der Waals surface area contributed by atoms with Gasteiger partial charge in [0, 0.05) is 37.3 Å². The Labute approximate surface area is 206 Å². The maximum absolute atomic E-state index is 14.4. The van der Waals surface area contributed by atoms with Crippen LogP contribution in [0.3, 0.4) is 0 Å². The number of hydrazone groups is 1. The molecule has 0 spiro atoms. The van der Waals surface area contributed by atoms with Gasteiger partial charge in [-0.05, 0) is 37.8 Å². The van der Waals surface area contributed by atoms with Crippen molar-refractivity contribution in [2.24, 2.45) is 11.0 Å². The smallest absolute Gasteiger partial charge is 0.377 e. The van der Waals surface area contributed by atoms with Gasteiger partial charge < -0.3 is 14.8 Å². The second kappa shape index (κ2) is 9.95. The molecule has 1 N–H and O–H groups in total. The quantitative estimate of drug-likeness (QED) is 0.437. The van der Waals surface area contributed by atoms with Crippen LogP contribution in [0, 0.1) is 5.92 Å². The molecule has 5 atom stereocenters. The minimum absolute atomic E-state index is 0.0227. The summed E-state index contributed by atoms with van der Waals surface area (Å²) in [5, 5.41) is 9.36. The van der Waals surface area contributed by atoms with Gasteiger partial charge in [0.1, 0.15) is 23.7 Å². The van der Waals surface area contributed by atoms with Gasteiger partial charge in [0.05, 0.1) is 38.1 Å². The summed E-state index contributed by atoms with van der Waals surface area (Å²) < 4.78 is 66.6. The molecule has 0 amide bonds. The van der Waals surface area contributed by atoms with Crippen LogP contribution in [-0.2, 0) is 15.7 Å². The summed E-state index contributed by atoms with van der Waals surface area (Å²) >= 11 is 5.81. The van der Waals surface area contributed by atoms with Crippen molar-refractivity contribution >= 4 is 23.1 Å². The summed E-state index contributed by atoms with van der Waals surface area (Å²) in [6.45, 7) is 3.95. The molecule has 3 aliphatic heterocycles. The number of hydrogen-bond acceptors (Lipinski definition) is 8. The number of likely N-dealkylation sites (tertiary alicyclic amines) is 1. The molecule has 5 rings (SSSR count). The van der Waals surface area contributed by atoms with E-state index in [4.69, 9.17) is 21.1 Å². The maximum Gasteiger partial charge on any atom is 0.421 e. The van der Waals surface area contributed by atoms with Crippen molar-refractivity contribution in [1.82, 2.24) is 19.9 Å². The van der Waals surface area contributed by atoms with Crippen molar-refractivity contribution in [2.75, 3.05) is 44.8 Å². The molecule has 0 radical (unpaired) electrons. The predicted molar refractivity (Wildman–Crippen MR) is 121 cm³/mol. The Balaban J connectivity index is 1.30. The molecule has 8 nitrogen and oxygen atoms in total. The third kappa shape index (κ3) is 5.35. The lowest BCUT2D eigenvalue weighted by molar-refractivity contribution is -0.137. The van der Waals surface area contributed by atoms with Crippen LogP contribution in [-0.4, -0.2) is 95.4 Å². The molecule has 1 saturated carbocycles. The number of alkyl halides is 4. The first-order chi connectivity index (χ1) is 16.7. The molecule has 13 heteroatoms. The highest BCUT2D eigenvalue weighted by Crippen LogP contribution is 2.36. The molecule has 1 aliphatic carbocycles. The summed E-state index contributed by atoms with van der Waals surface area (Å²) in [6.07, 6.45) is -1.83. The van der Waals surface area contributed by atoms with Gasteiger partial charge in [0.25, 0.3) is 0 Å². The molecule has 5 unspecified atom stereocenters. The molecule has 0 aromatic carbocycles. The predicted octanol–water partition coefficient (Wildman–Crippen LogP) is 3.23. The number of ether oxygens (including phenoxy) is 2. The summed E-state index contributed by atoms with van der Waals surface area (Å²) in [4.78, 5) is 9.23. The summed E-state index contributed by atoms with van der Waals surface area (Å²) in [5.74, 6) is -0.591. The number of nitrogens with one attached hydrogen (secondary N) is 1. The van der Waals surface area contributed by atoms with Crippen LogP contribution in [0.25, 0.3) is 0 Å². The Morgan fingerprint density at radius 1 is 1.23 bits per heavy atom. The lowest BCUT2D eigenvalue weighted by atomic mass is 9.92. The minimum atomic E-state index is -4.65. The fraction of sp³-hybridized carbons (Fsp3) is 0.773. The molecule has 2 saturated heterocycles. The first-order valence-electron chi connectivity index (χ1n) is 11.9. The van der Waals surface area contributed by atoms with Crippen LogP contribution in [0.1, 0.15) is 31.7 Å². The highest BCUT2D eigenvalue weighted by atomic mass is 35.5. The normalized spacial score (nSPS) is 32.2. The van der Waals surface area contributed by atoms with Gasteiger partial charge in [-0.1, -0.05) is 0 Å². The number of aromatic nitrogens is 2. The van der Waals surface area contributed by atoms with E-state index >= 15 is 0 Å². The molecular weight excluding hydrogens is 492 g/mol. The monoisotopic (exact) mass is 520 g/mol. The van der Waals surface area contributed by atoms with Crippen LogP contribution >= 0.6 is 11.6 Å². The van der Waals surface area contributed by atoms with E-state index in [0.717, 1.165) is 18.6 Å². The molecule has 194 valence electrons. The highest BCUT2D eigenvalue weighted by molar-refractivity contribution is 6.28. The van der Waals surface area contributed by atoms with Crippen molar-refractivity contribution in [3.05, 3.63) is 17.0 Å². The summed E-state index contributed by atoms with van der Waals surface area (Å²) in [5.41, 5.74) is -0.103. The minimum Gasteiger partial charge on any atom is -0.377 e. The fourth-order valence-electron chi connectivity index (χ4n) is 5.15. The van der Waals surface area contributed by atoms with E-state index in [1.807, 2.05) is 11.8 Å². The Kier molecular flexibility index (Phi) is 7.08. The average Bonchev–Trinajstić information content (AvgIpc) is 3.43. The van der Waals surface area contributed by atoms with Gasteiger partial charge in [-0.15, -0.1) is 0 Å². The third-order valence-corrected chi connectivity index (χ3v) is 7.60. The van der Waals surface area contributed by atoms with Gasteiger partial charge in [-0.2, -0.15) is 18.3 Å². The van der Waals surface area contributed by atoms with Crippen LogP contribution in [0.5, 0.6) is 0 Å². The van der Waals surface area contributed by atoms with Gasteiger partial charge in [-0.25, -0.2) is 14.4 Å². The van der Waals surface area contributed by atoms with Gasteiger partial charge >= 0.3 is 6.18 Å². The van der Waals surface area contributed by atoms with E-state index in [1.54, 1.807) is 0 Å². The largest absolute Gasteiger partial charge is 0.421 e. The molecule has 35 heavy (non-hydrogen) atoms. The Morgan fingerprint density at radius 3 is 2.69 bits per heavy atom. The number of rotatable bonds is 7. The SMILES string of the molecule is CC1=NN(C2CCC2)CC1OCC1CN(C2COCC2F)CC1Nc1nc(Cl)ncc1C(F)(F)F. The van der Waals surface area contributed by atoms with Crippen molar-refractivity contribution in [1.29, 1.82) is 0 Å². The van der Waals surface area contributed by atoms with E-state index < -0.39 is 30.0 Å². The Bertz CT molecular complexity index is 949. The van der Waals surface area contributed by atoms with Crippen molar-refractivity contribution in [3.63, 3.8) is 0 Å². The van der Waals surface area contributed by atoms with Crippen molar-refractivity contribution in [2.45, 2.75) is 62.8 Å². The number of hydrogen-bond donors (Lipinski definition) is 1. The van der Waals surface area contributed by atoms with Crippen LogP contribution in [0.2, 0.25) is 5.28 Å². The Hall–Kier alpha value is -1.76. The molecule has 4 heterocycles. The molecule has 1 aromatic rings. The first kappa shape index (κ1) is 24.9. The molecule has 4 aliphatic rings. The Morgan fingerprint density at radius 2 is 2.03 bits per heavy atom. The molecule has 3 fully saturated rings. The highest BCUT2D eigenvalue weighted by Gasteiger charge is 2.44. The van der Waals surface area contributed by atoms with E-state index in [9.17, 15) is 17.6 Å². The summed E-state index contributed by atoms with van der Waals surface area (Å²) in [7, 11) is 0. The zero-order chi connectivity index (χ0) is 24.7. The topological polar surface area (TPSA) is 75.1 Å². The van der Waals surface area contributed by atoms with Crippen molar-refractivity contribution in [3.8, 4) is 0 Å². The number of nitrogens with zero attached hydrogens (tertiary/aromatic N) is 5. The van der Waals surface area contributed by atoms with E-state index in [0.29, 0.717) is 31.9 Å². The molecule has 0 bridgehead atoms. The fourth-order valence-corrected chi connectivity index (χ4v) is 5.28. The van der Waals surface area contributed by atoms with E-state index in [-0.39, 0.29) is 42.9 Å². The average molecular weight is 521 g/mol. The van der Waals surface area contributed by atoms with E-state index in [2.05, 4.69) is 25.4 Å². The zero-order valence-corrected chi connectivity index (χ0v) is 20.1. The first-order valence-corrected chi connectivity index (χ1v) is 12.3. The molecular formula is C22H29ClF4N6O2. The van der Waals surface area contributed by atoms with Crippen LogP contribution in [0.15, 0.2) is 11.3 Å². The second-order valence-electron chi connectivity index (χ2n) is 9.75. The second-order valence-corrected chi connectivity index (χ2v) is 10.1. The third-order valence-electron chi connectivity index (χ3n) is 7.42. The van der Waals surface area contributed by atoms with Crippen LogP contribution in [0.4, 0.5) is 23.4 Å². The molecule has 1 aromatic heterocycles. The standard InChI is InChI=1S/C22H29ClF4N6O2/c1-12-19(8-33(31-12)14-3-2-4-14)35-9-13-6-32(18-11-34-10-16(18)24)7-17(13)29-20-15(22(25,26)27)5-28-21(23)30-20/h5,13-14,16-19H,2-4,6-11H2,1H3,(H,28,29,30). The van der Waals surface area contributed by atoms with Crippen LogP contribution < -0.4 is 5.32 Å². The number of anilines is 1. The van der Waals surface area contributed by atoms with E-state index in [1.165, 1.54) is 6.42 Å². The zero-order valence-electron chi connectivity index (χ0n) is 19.3. The number of halogens is 5. The summed E-state index contributed by atoms with van der Waals surface area (Å²) in [6, 6.07) is -0.442. The van der Waals surface area contributed by atoms with Gasteiger partial charge in [-0.3, -0.25) is 9.91 Å². The van der Waals surface area contributed by atoms with Gasteiger partial charge in [0.2, 0.25) is 5.28 Å². The lowest BCUT2D eigenvalue weighted by Gasteiger charge is -2.33. The van der Waals surface area contributed by atoms with Crippen molar-refractivity contribution < 1.29 is 27.0 Å². The lowest BCUT2D eigenvalue weighted by Crippen LogP contribution is -2.41. The van der Waals surface area contributed by atoms with Gasteiger partial charge in [0.15, 0.2) is 0 Å². The maximum atomic E-state index is 14.4.